The van der Waals surface area contributed by atoms with Crippen molar-refractivity contribution in [3.8, 4) is 17.1 Å². The second-order valence-electron chi connectivity index (χ2n) is 9.73. The minimum absolute atomic E-state index is 0.0294. The Morgan fingerprint density at radius 3 is 1.94 bits per heavy atom. The molecule has 1 heterocycles. The average Bonchev–Trinajstić information content (AvgIpc) is 2.86. The van der Waals surface area contributed by atoms with E-state index in [4.69, 9.17) is 4.74 Å². The van der Waals surface area contributed by atoms with Crippen LogP contribution in [0.1, 0.15) is 109 Å². The maximum atomic E-state index is 14.0. The van der Waals surface area contributed by atoms with Gasteiger partial charge in [0, 0.05) is 30.8 Å². The van der Waals surface area contributed by atoms with Crippen molar-refractivity contribution in [1.29, 1.82) is 0 Å². The summed E-state index contributed by atoms with van der Waals surface area (Å²) in [7, 11) is 0. The van der Waals surface area contributed by atoms with Gasteiger partial charge >= 0.3 is 0 Å². The van der Waals surface area contributed by atoms with Crippen molar-refractivity contribution >= 4 is 0 Å². The molecule has 0 saturated carbocycles. The van der Waals surface area contributed by atoms with E-state index in [9.17, 15) is 8.78 Å². The molecule has 2 aromatic rings. The molecule has 0 aliphatic rings. The highest BCUT2D eigenvalue weighted by atomic mass is 19.1. The van der Waals surface area contributed by atoms with Gasteiger partial charge in [-0.15, -0.1) is 0 Å². The van der Waals surface area contributed by atoms with Gasteiger partial charge in [-0.25, -0.2) is 18.7 Å². The average molecular weight is 489 g/mol. The molecule has 2 unspecified atom stereocenters. The van der Waals surface area contributed by atoms with Crippen LogP contribution < -0.4 is 4.74 Å². The van der Waals surface area contributed by atoms with Gasteiger partial charge in [-0.05, 0) is 49.1 Å². The SMILES string of the molecule is CCCCCCCCCCc1cnc(-c2ccc(OCCC(F)CC(F)CCCCC)cc2)nc1. The molecule has 35 heavy (non-hydrogen) atoms. The first-order chi connectivity index (χ1) is 17.1. The van der Waals surface area contributed by atoms with E-state index < -0.39 is 12.3 Å². The van der Waals surface area contributed by atoms with E-state index in [-0.39, 0.29) is 19.4 Å². The molecule has 0 aliphatic carbocycles. The second-order valence-corrected chi connectivity index (χ2v) is 9.73. The van der Waals surface area contributed by atoms with E-state index in [1.54, 1.807) is 0 Å². The number of alkyl halides is 2. The summed E-state index contributed by atoms with van der Waals surface area (Å²) in [6, 6.07) is 7.54. The lowest BCUT2D eigenvalue weighted by atomic mass is 10.1. The molecule has 0 aliphatic heterocycles. The number of aromatic nitrogens is 2. The van der Waals surface area contributed by atoms with E-state index >= 15 is 0 Å². The monoisotopic (exact) mass is 488 g/mol. The molecule has 5 heteroatoms. The van der Waals surface area contributed by atoms with Crippen LogP contribution in [0.4, 0.5) is 8.78 Å². The zero-order valence-corrected chi connectivity index (χ0v) is 22.0. The van der Waals surface area contributed by atoms with Gasteiger partial charge in [0.1, 0.15) is 18.1 Å². The highest BCUT2D eigenvalue weighted by Gasteiger charge is 2.15. The van der Waals surface area contributed by atoms with E-state index in [1.807, 2.05) is 36.7 Å². The van der Waals surface area contributed by atoms with Crippen molar-refractivity contribution in [2.75, 3.05) is 6.61 Å². The lowest BCUT2D eigenvalue weighted by Gasteiger charge is -2.13. The molecule has 0 amide bonds. The fourth-order valence-corrected chi connectivity index (χ4v) is 4.23. The number of ether oxygens (including phenoxy) is 1. The molecule has 2 rings (SSSR count). The highest BCUT2D eigenvalue weighted by molar-refractivity contribution is 5.55. The third-order valence-corrected chi connectivity index (χ3v) is 6.47. The highest BCUT2D eigenvalue weighted by Crippen LogP contribution is 2.21. The van der Waals surface area contributed by atoms with Gasteiger partial charge in [0.05, 0.1) is 6.61 Å². The standard InChI is InChI=1S/C30H46F2N2O/c1-3-5-7-8-9-10-11-13-14-25-23-33-30(34-24-25)26-16-18-29(19-17-26)35-21-20-28(32)22-27(31)15-12-6-4-2/h16-19,23-24,27-28H,3-15,20-22H2,1-2H3. The first kappa shape index (κ1) is 29.2. The normalized spacial score (nSPS) is 13.0. The smallest absolute Gasteiger partial charge is 0.159 e. The molecule has 1 aromatic heterocycles. The predicted octanol–water partition coefficient (Wildman–Crippen LogP) is 9.24. The van der Waals surface area contributed by atoms with Gasteiger partial charge in [0.15, 0.2) is 5.82 Å². The quantitative estimate of drug-likeness (QED) is 0.174. The summed E-state index contributed by atoms with van der Waals surface area (Å²) in [5, 5.41) is 0. The van der Waals surface area contributed by atoms with Crippen LogP contribution in [0.5, 0.6) is 5.75 Å². The Balaban J connectivity index is 1.64. The summed E-state index contributed by atoms with van der Waals surface area (Å²) >= 11 is 0. The van der Waals surface area contributed by atoms with Crippen LogP contribution in [0.25, 0.3) is 11.4 Å². The zero-order valence-electron chi connectivity index (χ0n) is 22.0. The second kappa shape index (κ2) is 18.3. The van der Waals surface area contributed by atoms with Gasteiger partial charge in [0.25, 0.3) is 0 Å². The van der Waals surface area contributed by atoms with Crippen LogP contribution in [0.15, 0.2) is 36.7 Å². The van der Waals surface area contributed by atoms with Crippen LogP contribution in [0.3, 0.4) is 0 Å². The van der Waals surface area contributed by atoms with E-state index in [1.165, 1.54) is 56.9 Å². The van der Waals surface area contributed by atoms with Crippen molar-refractivity contribution in [2.24, 2.45) is 0 Å². The van der Waals surface area contributed by atoms with Gasteiger partial charge in [0.2, 0.25) is 0 Å². The van der Waals surface area contributed by atoms with E-state index in [0.717, 1.165) is 31.2 Å². The Bertz CT molecular complexity index is 767. The number of unbranched alkanes of at least 4 members (excludes halogenated alkanes) is 9. The molecular weight excluding hydrogens is 442 g/mol. The van der Waals surface area contributed by atoms with Crippen molar-refractivity contribution in [3.63, 3.8) is 0 Å². The Kier molecular flexibility index (Phi) is 15.2. The Morgan fingerprint density at radius 1 is 0.714 bits per heavy atom. The van der Waals surface area contributed by atoms with Crippen LogP contribution in [-0.4, -0.2) is 28.9 Å². The minimum atomic E-state index is -1.16. The fraction of sp³-hybridized carbons (Fsp3) is 0.667. The third-order valence-electron chi connectivity index (χ3n) is 6.47. The molecule has 2 atom stereocenters. The molecule has 0 bridgehead atoms. The van der Waals surface area contributed by atoms with Crippen LogP contribution in [-0.2, 0) is 6.42 Å². The first-order valence-electron chi connectivity index (χ1n) is 13.9. The van der Waals surface area contributed by atoms with Crippen molar-refractivity contribution in [1.82, 2.24) is 9.97 Å². The number of halogens is 2. The summed E-state index contributed by atoms with van der Waals surface area (Å²) in [5.74, 6) is 1.36. The van der Waals surface area contributed by atoms with Crippen LogP contribution in [0.2, 0.25) is 0 Å². The number of nitrogens with zero attached hydrogens (tertiary/aromatic N) is 2. The van der Waals surface area contributed by atoms with Gasteiger partial charge in [-0.2, -0.15) is 0 Å². The Labute approximate surface area is 212 Å². The molecule has 1 aromatic carbocycles. The summed E-state index contributed by atoms with van der Waals surface area (Å²) < 4.78 is 33.5. The molecular formula is C30H46F2N2O. The Hall–Kier alpha value is -2.04. The number of hydrogen-bond donors (Lipinski definition) is 0. The van der Waals surface area contributed by atoms with Crippen LogP contribution in [0, 0.1) is 0 Å². The topological polar surface area (TPSA) is 35.0 Å². The van der Waals surface area contributed by atoms with Gasteiger partial charge in [-0.3, -0.25) is 0 Å². The lowest BCUT2D eigenvalue weighted by molar-refractivity contribution is 0.175. The number of rotatable bonds is 20. The molecule has 196 valence electrons. The van der Waals surface area contributed by atoms with Crippen LogP contribution >= 0.6 is 0 Å². The summed E-state index contributed by atoms with van der Waals surface area (Å²) in [4.78, 5) is 9.06. The first-order valence-corrected chi connectivity index (χ1v) is 13.9. The maximum absolute atomic E-state index is 14.0. The molecule has 0 fully saturated rings. The largest absolute Gasteiger partial charge is 0.493 e. The third kappa shape index (κ3) is 13.0. The number of aryl methyl sites for hydroxylation is 1. The van der Waals surface area contributed by atoms with E-state index in [2.05, 4.69) is 23.8 Å². The molecule has 0 radical (unpaired) electrons. The zero-order chi connectivity index (χ0) is 25.1. The number of hydrogen-bond acceptors (Lipinski definition) is 3. The minimum Gasteiger partial charge on any atom is -0.493 e. The van der Waals surface area contributed by atoms with E-state index in [0.29, 0.717) is 18.0 Å². The fourth-order valence-electron chi connectivity index (χ4n) is 4.23. The molecule has 0 N–H and O–H groups in total. The van der Waals surface area contributed by atoms with Gasteiger partial charge in [-0.1, -0.05) is 78.1 Å². The van der Waals surface area contributed by atoms with Crippen molar-refractivity contribution in [3.05, 3.63) is 42.2 Å². The van der Waals surface area contributed by atoms with Crippen molar-refractivity contribution in [2.45, 2.75) is 123 Å². The molecule has 3 nitrogen and oxygen atoms in total. The Morgan fingerprint density at radius 2 is 1.29 bits per heavy atom. The van der Waals surface area contributed by atoms with Crippen molar-refractivity contribution < 1.29 is 13.5 Å². The predicted molar refractivity (Wildman–Crippen MR) is 142 cm³/mol. The summed E-state index contributed by atoms with van der Waals surface area (Å²) in [6.07, 6.45) is 16.7. The molecule has 0 saturated heterocycles. The maximum Gasteiger partial charge on any atom is 0.159 e. The van der Waals surface area contributed by atoms with Gasteiger partial charge < -0.3 is 4.74 Å². The lowest BCUT2D eigenvalue weighted by Crippen LogP contribution is -2.14. The summed E-state index contributed by atoms with van der Waals surface area (Å²) in [6.45, 7) is 4.58. The molecule has 0 spiro atoms. The number of benzene rings is 1. The summed E-state index contributed by atoms with van der Waals surface area (Å²) in [5.41, 5.74) is 2.10.